The maximum absolute atomic E-state index is 9.79. The van der Waals surface area contributed by atoms with Crippen molar-refractivity contribution in [2.75, 3.05) is 6.61 Å². The minimum absolute atomic E-state index is 0.194. The molecule has 0 amide bonds. The third kappa shape index (κ3) is 2.10. The third-order valence-electron chi connectivity index (χ3n) is 2.40. The van der Waals surface area contributed by atoms with Crippen LogP contribution in [0.15, 0.2) is 12.1 Å². The number of hydrogen-bond acceptors (Lipinski definition) is 3. The van der Waals surface area contributed by atoms with E-state index in [0.29, 0.717) is 12.3 Å². The van der Waals surface area contributed by atoms with E-state index in [9.17, 15) is 5.11 Å². The highest BCUT2D eigenvalue weighted by atomic mass is 32.1. The van der Waals surface area contributed by atoms with E-state index in [4.69, 9.17) is 5.11 Å². The summed E-state index contributed by atoms with van der Waals surface area (Å²) in [5.74, 6) is 0.501. The van der Waals surface area contributed by atoms with E-state index in [1.807, 2.05) is 12.1 Å². The third-order valence-corrected chi connectivity index (χ3v) is 3.62. The lowest BCUT2D eigenvalue weighted by Gasteiger charge is -2.04. The molecule has 3 heteroatoms. The highest BCUT2D eigenvalue weighted by Crippen LogP contribution is 2.42. The molecule has 0 radical (unpaired) electrons. The van der Waals surface area contributed by atoms with Crippen LogP contribution in [-0.2, 0) is 6.42 Å². The fourth-order valence-corrected chi connectivity index (χ4v) is 2.52. The van der Waals surface area contributed by atoms with Gasteiger partial charge in [-0.25, -0.2) is 0 Å². The minimum Gasteiger partial charge on any atom is -0.396 e. The summed E-state index contributed by atoms with van der Waals surface area (Å²) in [5, 5.41) is 18.5. The van der Waals surface area contributed by atoms with Crippen LogP contribution in [0.25, 0.3) is 0 Å². The van der Waals surface area contributed by atoms with Crippen LogP contribution in [-0.4, -0.2) is 16.8 Å². The second kappa shape index (κ2) is 3.78. The van der Waals surface area contributed by atoms with Crippen LogP contribution in [0.3, 0.4) is 0 Å². The SMILES string of the molecule is OCCc1ccc(C(O)C2CC2)s1. The molecule has 1 heterocycles. The minimum atomic E-state index is -0.252. The van der Waals surface area contributed by atoms with Crippen LogP contribution in [0.1, 0.15) is 28.7 Å². The molecule has 0 spiro atoms. The summed E-state index contributed by atoms with van der Waals surface area (Å²) in [6, 6.07) is 3.99. The monoisotopic (exact) mass is 198 g/mol. The molecule has 0 saturated heterocycles. The smallest absolute Gasteiger partial charge is 0.0910 e. The Morgan fingerprint density at radius 2 is 2.23 bits per heavy atom. The molecule has 2 rings (SSSR count). The molecule has 1 aliphatic rings. The fraction of sp³-hybridized carbons (Fsp3) is 0.600. The van der Waals surface area contributed by atoms with Crippen molar-refractivity contribution in [2.24, 2.45) is 5.92 Å². The predicted molar refractivity (Wildman–Crippen MR) is 52.8 cm³/mol. The maximum atomic E-state index is 9.79. The van der Waals surface area contributed by atoms with E-state index in [1.54, 1.807) is 11.3 Å². The molecule has 2 N–H and O–H groups in total. The van der Waals surface area contributed by atoms with Crippen molar-refractivity contribution in [1.29, 1.82) is 0 Å². The molecule has 72 valence electrons. The molecule has 1 aromatic heterocycles. The van der Waals surface area contributed by atoms with Crippen molar-refractivity contribution >= 4 is 11.3 Å². The molecular weight excluding hydrogens is 184 g/mol. The lowest BCUT2D eigenvalue weighted by Crippen LogP contribution is -1.95. The highest BCUT2D eigenvalue weighted by molar-refractivity contribution is 7.12. The molecule has 1 fully saturated rings. The Morgan fingerprint density at radius 3 is 2.85 bits per heavy atom. The van der Waals surface area contributed by atoms with Gasteiger partial charge in [-0.2, -0.15) is 0 Å². The second-order valence-corrected chi connectivity index (χ2v) is 4.76. The van der Waals surface area contributed by atoms with Crippen LogP contribution in [0, 0.1) is 5.92 Å². The number of aliphatic hydroxyl groups excluding tert-OH is 2. The first-order valence-electron chi connectivity index (χ1n) is 4.69. The van der Waals surface area contributed by atoms with Gasteiger partial charge < -0.3 is 10.2 Å². The quantitative estimate of drug-likeness (QED) is 0.773. The number of aliphatic hydroxyl groups is 2. The van der Waals surface area contributed by atoms with Crippen molar-refractivity contribution in [1.82, 2.24) is 0 Å². The molecule has 0 aromatic carbocycles. The average molecular weight is 198 g/mol. The summed E-state index contributed by atoms with van der Waals surface area (Å²) in [5.41, 5.74) is 0. The van der Waals surface area contributed by atoms with Gasteiger partial charge in [-0.1, -0.05) is 0 Å². The molecule has 0 bridgehead atoms. The van der Waals surface area contributed by atoms with Crippen molar-refractivity contribution in [3.63, 3.8) is 0 Å². The molecule has 1 unspecified atom stereocenters. The lowest BCUT2D eigenvalue weighted by atomic mass is 10.2. The lowest BCUT2D eigenvalue weighted by molar-refractivity contribution is 0.157. The van der Waals surface area contributed by atoms with Crippen LogP contribution in [0.4, 0.5) is 0 Å². The number of hydrogen-bond donors (Lipinski definition) is 2. The molecule has 1 atom stereocenters. The van der Waals surface area contributed by atoms with Crippen molar-refractivity contribution in [2.45, 2.75) is 25.4 Å². The Bertz CT molecular complexity index is 278. The van der Waals surface area contributed by atoms with Gasteiger partial charge in [0.25, 0.3) is 0 Å². The molecule has 2 nitrogen and oxygen atoms in total. The Kier molecular flexibility index (Phi) is 2.67. The Morgan fingerprint density at radius 1 is 1.46 bits per heavy atom. The van der Waals surface area contributed by atoms with E-state index in [1.165, 1.54) is 0 Å². The van der Waals surface area contributed by atoms with Gasteiger partial charge in [0.2, 0.25) is 0 Å². The molecule has 1 aliphatic carbocycles. The van der Waals surface area contributed by atoms with Crippen LogP contribution in [0.5, 0.6) is 0 Å². The first kappa shape index (κ1) is 9.19. The van der Waals surface area contributed by atoms with Crippen molar-refractivity contribution in [3.8, 4) is 0 Å². The molecule has 1 saturated carbocycles. The summed E-state index contributed by atoms with van der Waals surface area (Å²) in [6.07, 6.45) is 2.78. The normalized spacial score (nSPS) is 18.9. The fourth-order valence-electron chi connectivity index (χ4n) is 1.44. The largest absolute Gasteiger partial charge is 0.396 e. The van der Waals surface area contributed by atoms with Crippen LogP contribution < -0.4 is 0 Å². The zero-order valence-corrected chi connectivity index (χ0v) is 8.26. The average Bonchev–Trinajstić information content (AvgIpc) is 2.87. The molecule has 1 aromatic rings. The van der Waals surface area contributed by atoms with E-state index < -0.39 is 0 Å². The van der Waals surface area contributed by atoms with Gasteiger partial charge in [0, 0.05) is 22.8 Å². The number of rotatable bonds is 4. The highest BCUT2D eigenvalue weighted by Gasteiger charge is 2.31. The summed E-state index contributed by atoms with van der Waals surface area (Å²) in [6.45, 7) is 0.194. The van der Waals surface area contributed by atoms with Crippen LogP contribution in [0.2, 0.25) is 0 Å². The van der Waals surface area contributed by atoms with E-state index in [-0.39, 0.29) is 12.7 Å². The Balaban J connectivity index is 2.03. The topological polar surface area (TPSA) is 40.5 Å². The standard InChI is InChI=1S/C10H14O2S/c11-6-5-8-3-4-9(13-8)10(12)7-1-2-7/h3-4,7,10-12H,1-2,5-6H2. The summed E-state index contributed by atoms with van der Waals surface area (Å²) in [7, 11) is 0. The maximum Gasteiger partial charge on any atom is 0.0910 e. The van der Waals surface area contributed by atoms with Gasteiger partial charge >= 0.3 is 0 Å². The zero-order valence-electron chi connectivity index (χ0n) is 7.44. The summed E-state index contributed by atoms with van der Waals surface area (Å²) in [4.78, 5) is 2.23. The van der Waals surface area contributed by atoms with E-state index in [2.05, 4.69) is 0 Å². The van der Waals surface area contributed by atoms with Gasteiger partial charge in [-0.3, -0.25) is 0 Å². The molecule has 13 heavy (non-hydrogen) atoms. The second-order valence-electron chi connectivity index (χ2n) is 3.56. The number of thiophene rings is 1. The van der Waals surface area contributed by atoms with Crippen molar-refractivity contribution in [3.05, 3.63) is 21.9 Å². The Labute approximate surface area is 81.8 Å². The summed E-state index contributed by atoms with van der Waals surface area (Å²) >= 11 is 1.62. The van der Waals surface area contributed by atoms with Gasteiger partial charge in [0.1, 0.15) is 0 Å². The van der Waals surface area contributed by atoms with Gasteiger partial charge in [0.05, 0.1) is 6.10 Å². The van der Waals surface area contributed by atoms with Gasteiger partial charge in [0.15, 0.2) is 0 Å². The molecule has 0 aliphatic heterocycles. The van der Waals surface area contributed by atoms with E-state index >= 15 is 0 Å². The van der Waals surface area contributed by atoms with Crippen LogP contribution >= 0.6 is 11.3 Å². The first-order chi connectivity index (χ1) is 6.31. The van der Waals surface area contributed by atoms with E-state index in [0.717, 1.165) is 22.6 Å². The van der Waals surface area contributed by atoms with Gasteiger partial charge in [-0.15, -0.1) is 11.3 Å². The molecular formula is C10H14O2S. The summed E-state index contributed by atoms with van der Waals surface area (Å²) < 4.78 is 0. The predicted octanol–water partition coefficient (Wildman–Crippen LogP) is 1.73. The zero-order chi connectivity index (χ0) is 9.26. The Hall–Kier alpha value is -0.380. The van der Waals surface area contributed by atoms with Crippen molar-refractivity contribution < 1.29 is 10.2 Å². The van der Waals surface area contributed by atoms with Gasteiger partial charge in [-0.05, 0) is 30.9 Å². The first-order valence-corrected chi connectivity index (χ1v) is 5.50.